The molecule has 2 fully saturated rings. The van der Waals surface area contributed by atoms with Gasteiger partial charge in [0.1, 0.15) is 0 Å². The minimum atomic E-state index is -3.46. The second kappa shape index (κ2) is 4.55. The van der Waals surface area contributed by atoms with Gasteiger partial charge in [-0.3, -0.25) is 4.79 Å². The minimum absolute atomic E-state index is 0.106. The minimum Gasteiger partial charge on any atom is -0.481 e. The van der Waals surface area contributed by atoms with E-state index in [1.54, 1.807) is 7.05 Å². The molecule has 1 N–H and O–H groups in total. The van der Waals surface area contributed by atoms with Crippen LogP contribution in [0.5, 0.6) is 0 Å². The lowest BCUT2D eigenvalue weighted by Crippen LogP contribution is -2.48. The van der Waals surface area contributed by atoms with Crippen LogP contribution in [0.2, 0.25) is 0 Å². The lowest BCUT2D eigenvalue weighted by Gasteiger charge is -2.32. The van der Waals surface area contributed by atoms with Crippen molar-refractivity contribution in [2.45, 2.75) is 31.7 Å². The molecule has 1 aliphatic carbocycles. The van der Waals surface area contributed by atoms with Gasteiger partial charge in [0.25, 0.3) is 10.2 Å². The van der Waals surface area contributed by atoms with Crippen LogP contribution in [0.15, 0.2) is 0 Å². The van der Waals surface area contributed by atoms with Gasteiger partial charge < -0.3 is 5.11 Å². The maximum atomic E-state index is 12.2. The fourth-order valence-electron chi connectivity index (χ4n) is 2.16. The summed E-state index contributed by atoms with van der Waals surface area (Å²) in [6.07, 6.45) is 3.00. The van der Waals surface area contributed by atoms with Gasteiger partial charge in [0.2, 0.25) is 0 Å². The smallest absolute Gasteiger partial charge is 0.307 e. The first kappa shape index (κ1) is 12.8. The summed E-state index contributed by atoms with van der Waals surface area (Å²) < 4.78 is 27.1. The van der Waals surface area contributed by atoms with Crippen molar-refractivity contribution in [3.8, 4) is 0 Å². The number of piperidine rings is 1. The van der Waals surface area contributed by atoms with Gasteiger partial charge in [-0.2, -0.15) is 17.0 Å². The number of carboxylic acid groups (broad SMARTS) is 1. The Kier molecular flexibility index (Phi) is 3.42. The molecule has 0 radical (unpaired) electrons. The number of nitrogens with zero attached hydrogens (tertiary/aromatic N) is 2. The highest BCUT2D eigenvalue weighted by Gasteiger charge is 2.40. The number of aliphatic carboxylic acids is 1. The van der Waals surface area contributed by atoms with E-state index < -0.39 is 22.1 Å². The fourth-order valence-corrected chi connectivity index (χ4v) is 3.84. The summed E-state index contributed by atoms with van der Waals surface area (Å²) in [4.78, 5) is 10.9. The second-order valence-corrected chi connectivity index (χ2v) is 6.78. The predicted molar refractivity (Wildman–Crippen MR) is 61.6 cm³/mol. The van der Waals surface area contributed by atoms with Crippen molar-refractivity contribution in [1.29, 1.82) is 0 Å². The zero-order valence-electron chi connectivity index (χ0n) is 9.87. The lowest BCUT2D eigenvalue weighted by molar-refractivity contribution is -0.142. The highest BCUT2D eigenvalue weighted by atomic mass is 32.2. The number of carboxylic acids is 1. The molecule has 98 valence electrons. The fraction of sp³-hybridized carbons (Fsp3) is 0.900. The molecule has 2 rings (SSSR count). The predicted octanol–water partition coefficient (Wildman–Crippen LogP) is 0.122. The van der Waals surface area contributed by atoms with E-state index in [-0.39, 0.29) is 12.6 Å². The molecule has 0 amide bonds. The maximum Gasteiger partial charge on any atom is 0.307 e. The van der Waals surface area contributed by atoms with Crippen LogP contribution in [0.1, 0.15) is 25.7 Å². The SMILES string of the molecule is CN(C1CC1)S(=O)(=O)N1CCCC(C(=O)O)C1. The van der Waals surface area contributed by atoms with Crippen molar-refractivity contribution in [3.63, 3.8) is 0 Å². The molecule has 1 saturated carbocycles. The Morgan fingerprint density at radius 3 is 2.53 bits per heavy atom. The van der Waals surface area contributed by atoms with Crippen LogP contribution >= 0.6 is 0 Å². The Hall–Kier alpha value is -0.660. The van der Waals surface area contributed by atoms with E-state index >= 15 is 0 Å². The number of hydrogen-bond acceptors (Lipinski definition) is 3. The Morgan fingerprint density at radius 1 is 1.35 bits per heavy atom. The average molecular weight is 262 g/mol. The first-order valence-electron chi connectivity index (χ1n) is 5.89. The van der Waals surface area contributed by atoms with E-state index in [2.05, 4.69) is 0 Å². The van der Waals surface area contributed by atoms with Crippen LogP contribution in [0.25, 0.3) is 0 Å². The third-order valence-corrected chi connectivity index (χ3v) is 5.49. The van der Waals surface area contributed by atoms with E-state index in [4.69, 9.17) is 5.11 Å². The standard InChI is InChI=1S/C10H18N2O4S/c1-11(9-4-5-9)17(15,16)12-6-2-3-8(7-12)10(13)14/h8-9H,2-7H2,1H3,(H,13,14). The first-order chi connectivity index (χ1) is 7.93. The number of hydrogen-bond donors (Lipinski definition) is 1. The van der Waals surface area contributed by atoms with Crippen molar-refractivity contribution < 1.29 is 18.3 Å². The van der Waals surface area contributed by atoms with Crippen LogP contribution in [0, 0.1) is 5.92 Å². The van der Waals surface area contributed by atoms with Crippen LogP contribution in [0.3, 0.4) is 0 Å². The quantitative estimate of drug-likeness (QED) is 0.780. The van der Waals surface area contributed by atoms with Gasteiger partial charge in [-0.1, -0.05) is 0 Å². The highest BCUT2D eigenvalue weighted by molar-refractivity contribution is 7.86. The molecule has 0 aromatic heterocycles. The normalized spacial score (nSPS) is 27.3. The third-order valence-electron chi connectivity index (χ3n) is 3.48. The Balaban J connectivity index is 2.07. The number of rotatable bonds is 4. The Bertz CT molecular complexity index is 405. The van der Waals surface area contributed by atoms with Gasteiger partial charge in [-0.15, -0.1) is 0 Å². The Morgan fingerprint density at radius 2 is 2.00 bits per heavy atom. The Labute approximate surface area is 101 Å². The molecule has 0 bridgehead atoms. The summed E-state index contributed by atoms with van der Waals surface area (Å²) in [6.45, 7) is 0.540. The molecule has 7 heteroatoms. The summed E-state index contributed by atoms with van der Waals surface area (Å²) in [5, 5.41) is 8.95. The molecule has 0 aromatic carbocycles. The molecule has 0 spiro atoms. The molecular weight excluding hydrogens is 244 g/mol. The van der Waals surface area contributed by atoms with Crippen molar-refractivity contribution in [3.05, 3.63) is 0 Å². The van der Waals surface area contributed by atoms with Crippen LogP contribution < -0.4 is 0 Å². The molecule has 1 saturated heterocycles. The van der Waals surface area contributed by atoms with Gasteiger partial charge in [0, 0.05) is 26.2 Å². The van der Waals surface area contributed by atoms with Gasteiger partial charge in [0.05, 0.1) is 5.92 Å². The molecular formula is C10H18N2O4S. The summed E-state index contributed by atoms with van der Waals surface area (Å²) >= 11 is 0. The largest absolute Gasteiger partial charge is 0.481 e. The molecule has 1 aliphatic heterocycles. The molecule has 6 nitrogen and oxygen atoms in total. The van der Waals surface area contributed by atoms with E-state index in [1.165, 1.54) is 8.61 Å². The second-order valence-electron chi connectivity index (χ2n) is 4.79. The zero-order chi connectivity index (χ0) is 12.6. The average Bonchev–Trinajstić information content (AvgIpc) is 3.12. The summed E-state index contributed by atoms with van der Waals surface area (Å²) in [5.74, 6) is -1.47. The lowest BCUT2D eigenvalue weighted by atomic mass is 10.0. The van der Waals surface area contributed by atoms with Crippen LogP contribution in [-0.2, 0) is 15.0 Å². The molecule has 1 heterocycles. The molecule has 1 unspecified atom stereocenters. The van der Waals surface area contributed by atoms with E-state index in [0.717, 1.165) is 12.8 Å². The van der Waals surface area contributed by atoms with E-state index in [0.29, 0.717) is 19.4 Å². The van der Waals surface area contributed by atoms with Crippen molar-refractivity contribution in [1.82, 2.24) is 8.61 Å². The first-order valence-corrected chi connectivity index (χ1v) is 7.28. The van der Waals surface area contributed by atoms with E-state index in [9.17, 15) is 13.2 Å². The summed E-state index contributed by atoms with van der Waals surface area (Å²) in [7, 11) is -1.88. The van der Waals surface area contributed by atoms with Gasteiger partial charge >= 0.3 is 5.97 Å². The van der Waals surface area contributed by atoms with Gasteiger partial charge in [0.15, 0.2) is 0 Å². The van der Waals surface area contributed by atoms with Crippen molar-refractivity contribution in [2.75, 3.05) is 20.1 Å². The third kappa shape index (κ3) is 2.61. The van der Waals surface area contributed by atoms with Crippen molar-refractivity contribution in [2.24, 2.45) is 5.92 Å². The summed E-state index contributed by atoms with van der Waals surface area (Å²) in [5.41, 5.74) is 0. The van der Waals surface area contributed by atoms with Gasteiger partial charge in [-0.05, 0) is 25.7 Å². The van der Waals surface area contributed by atoms with Crippen LogP contribution in [0.4, 0.5) is 0 Å². The van der Waals surface area contributed by atoms with Gasteiger partial charge in [-0.25, -0.2) is 0 Å². The van der Waals surface area contributed by atoms with Crippen LogP contribution in [-0.4, -0.2) is 54.3 Å². The topological polar surface area (TPSA) is 77.9 Å². The van der Waals surface area contributed by atoms with E-state index in [1.807, 2.05) is 0 Å². The molecule has 0 aromatic rings. The molecule has 17 heavy (non-hydrogen) atoms. The zero-order valence-corrected chi connectivity index (χ0v) is 10.7. The van der Waals surface area contributed by atoms with Crippen molar-refractivity contribution >= 4 is 16.2 Å². The molecule has 1 atom stereocenters. The summed E-state index contributed by atoms with van der Waals surface area (Å²) in [6, 6.07) is 0.116. The molecule has 2 aliphatic rings. The highest BCUT2D eigenvalue weighted by Crippen LogP contribution is 2.30. The number of carbonyl (C=O) groups is 1. The monoisotopic (exact) mass is 262 g/mol. The maximum absolute atomic E-state index is 12.2.